The lowest BCUT2D eigenvalue weighted by Crippen LogP contribution is -2.42. The number of hydrogen-bond acceptors (Lipinski definition) is 4. The van der Waals surface area contributed by atoms with Gasteiger partial charge in [0.1, 0.15) is 11.3 Å². The van der Waals surface area contributed by atoms with Crippen molar-refractivity contribution in [1.82, 2.24) is 14.7 Å². The van der Waals surface area contributed by atoms with E-state index in [0.717, 1.165) is 24.2 Å². The average molecular weight is 363 g/mol. The van der Waals surface area contributed by atoms with E-state index in [-0.39, 0.29) is 30.3 Å². The second kappa shape index (κ2) is 6.69. The van der Waals surface area contributed by atoms with Gasteiger partial charge < -0.3 is 15.4 Å². The summed E-state index contributed by atoms with van der Waals surface area (Å²) in [5.74, 6) is 1.14. The maximum Gasteiger partial charge on any atom is 0.250 e. The number of carbonyl (C=O) groups is 1. The Kier molecular flexibility index (Phi) is 4.75. The Morgan fingerprint density at radius 1 is 1.28 bits per heavy atom. The van der Waals surface area contributed by atoms with Gasteiger partial charge in [-0.2, -0.15) is 5.10 Å². The minimum absolute atomic E-state index is 0. The summed E-state index contributed by atoms with van der Waals surface area (Å²) in [6.07, 6.45) is 5.31. The number of nitrogens with two attached hydrogens (primary N) is 1. The van der Waals surface area contributed by atoms with Crippen molar-refractivity contribution < 1.29 is 9.53 Å². The second-order valence-electron chi connectivity index (χ2n) is 6.74. The van der Waals surface area contributed by atoms with Crippen molar-refractivity contribution in [1.29, 1.82) is 0 Å². The Balaban J connectivity index is 0.00000182. The summed E-state index contributed by atoms with van der Waals surface area (Å²) in [4.78, 5) is 15.0. The maximum atomic E-state index is 13.0. The number of nitrogens with zero attached hydrogens (tertiary/aromatic N) is 3. The van der Waals surface area contributed by atoms with E-state index in [1.165, 1.54) is 0 Å². The van der Waals surface area contributed by atoms with Crippen molar-refractivity contribution in [3.8, 4) is 5.75 Å². The smallest absolute Gasteiger partial charge is 0.250 e. The number of likely N-dealkylation sites (tertiary alicyclic amines) is 1. The Labute approximate surface area is 153 Å². The SMILES string of the molecule is COc1ccc([C@@H]2CN(C(=O)C3(n4cccn4)CC3)C[C@H]2N)cc1.Cl. The third-order valence-corrected chi connectivity index (χ3v) is 5.26. The molecule has 2 aromatic rings. The normalized spacial score (nSPS) is 23.8. The van der Waals surface area contributed by atoms with E-state index in [0.29, 0.717) is 13.1 Å². The number of rotatable bonds is 4. The number of carbonyl (C=O) groups excluding carboxylic acids is 1. The Morgan fingerprint density at radius 2 is 2.00 bits per heavy atom. The molecular weight excluding hydrogens is 340 g/mol. The fourth-order valence-electron chi connectivity index (χ4n) is 3.67. The molecule has 1 aliphatic carbocycles. The standard InChI is InChI=1S/C18H22N4O2.ClH/c1-24-14-5-3-13(4-6-14)15-11-21(12-16(15)19)17(23)18(7-8-18)22-10-2-9-20-22;/h2-6,9-10,15-16H,7-8,11-12,19H2,1H3;1H/t15-,16+;/m0./s1. The zero-order valence-corrected chi connectivity index (χ0v) is 15.0. The molecule has 6 nitrogen and oxygen atoms in total. The molecule has 1 aliphatic heterocycles. The third kappa shape index (κ3) is 3.00. The van der Waals surface area contributed by atoms with Crippen LogP contribution in [0.2, 0.25) is 0 Å². The molecule has 4 rings (SSSR count). The van der Waals surface area contributed by atoms with E-state index in [1.54, 1.807) is 13.3 Å². The average Bonchev–Trinajstić information content (AvgIpc) is 3.05. The highest BCUT2D eigenvalue weighted by molar-refractivity contribution is 5.87. The molecule has 2 fully saturated rings. The number of hydrogen-bond donors (Lipinski definition) is 1. The summed E-state index contributed by atoms with van der Waals surface area (Å²) in [7, 11) is 1.65. The van der Waals surface area contributed by atoms with Crippen molar-refractivity contribution in [3.63, 3.8) is 0 Å². The van der Waals surface area contributed by atoms with Crippen LogP contribution in [0.5, 0.6) is 5.75 Å². The lowest BCUT2D eigenvalue weighted by atomic mass is 9.95. The van der Waals surface area contributed by atoms with E-state index >= 15 is 0 Å². The van der Waals surface area contributed by atoms with Gasteiger partial charge in [-0.3, -0.25) is 9.48 Å². The quantitative estimate of drug-likeness (QED) is 0.899. The first-order valence-electron chi connectivity index (χ1n) is 8.33. The van der Waals surface area contributed by atoms with Crippen LogP contribution in [0, 0.1) is 0 Å². The van der Waals surface area contributed by atoms with E-state index in [2.05, 4.69) is 5.10 Å². The Bertz CT molecular complexity index is 728. The lowest BCUT2D eigenvalue weighted by molar-refractivity contribution is -0.135. The van der Waals surface area contributed by atoms with Crippen LogP contribution in [0.4, 0.5) is 0 Å². The van der Waals surface area contributed by atoms with Gasteiger partial charge in [0.25, 0.3) is 5.91 Å². The first-order chi connectivity index (χ1) is 11.6. The van der Waals surface area contributed by atoms with Crippen molar-refractivity contribution >= 4 is 18.3 Å². The fourth-order valence-corrected chi connectivity index (χ4v) is 3.67. The number of amides is 1. The molecule has 0 unspecified atom stereocenters. The number of methoxy groups -OCH3 is 1. The monoisotopic (exact) mass is 362 g/mol. The van der Waals surface area contributed by atoms with Gasteiger partial charge in [0.05, 0.1) is 7.11 Å². The number of ether oxygens (including phenoxy) is 1. The molecule has 0 spiro atoms. The summed E-state index contributed by atoms with van der Waals surface area (Å²) >= 11 is 0. The summed E-state index contributed by atoms with van der Waals surface area (Å²) in [6, 6.07) is 9.78. The molecule has 2 aliphatic rings. The van der Waals surface area contributed by atoms with Crippen LogP contribution < -0.4 is 10.5 Å². The van der Waals surface area contributed by atoms with Crippen LogP contribution in [0.3, 0.4) is 0 Å². The van der Waals surface area contributed by atoms with Crippen LogP contribution in [0.15, 0.2) is 42.7 Å². The molecule has 2 N–H and O–H groups in total. The van der Waals surface area contributed by atoms with Gasteiger partial charge in [0, 0.05) is 37.4 Å². The predicted octanol–water partition coefficient (Wildman–Crippen LogP) is 1.76. The number of aromatic nitrogens is 2. The second-order valence-corrected chi connectivity index (χ2v) is 6.74. The highest BCUT2D eigenvalue weighted by Crippen LogP contribution is 2.45. The largest absolute Gasteiger partial charge is 0.497 e. The molecule has 1 aromatic carbocycles. The number of benzene rings is 1. The molecule has 0 bridgehead atoms. The first kappa shape index (κ1) is 17.8. The van der Waals surface area contributed by atoms with Gasteiger partial charge in [-0.1, -0.05) is 12.1 Å². The van der Waals surface area contributed by atoms with Crippen LogP contribution in [-0.4, -0.2) is 46.8 Å². The number of halogens is 1. The van der Waals surface area contributed by atoms with Gasteiger partial charge in [-0.05, 0) is 36.6 Å². The highest BCUT2D eigenvalue weighted by atomic mass is 35.5. The summed E-state index contributed by atoms with van der Waals surface area (Å²) < 4.78 is 7.01. The third-order valence-electron chi connectivity index (χ3n) is 5.26. The molecule has 2 atom stereocenters. The van der Waals surface area contributed by atoms with E-state index in [4.69, 9.17) is 10.5 Å². The van der Waals surface area contributed by atoms with E-state index < -0.39 is 5.54 Å². The Hall–Kier alpha value is -2.05. The van der Waals surface area contributed by atoms with Gasteiger partial charge in [-0.15, -0.1) is 12.4 Å². The van der Waals surface area contributed by atoms with Gasteiger partial charge in [0.2, 0.25) is 0 Å². The van der Waals surface area contributed by atoms with Crippen molar-refractivity contribution in [2.24, 2.45) is 5.73 Å². The molecule has 1 amide bonds. The first-order valence-corrected chi connectivity index (χ1v) is 8.33. The molecule has 7 heteroatoms. The molecule has 2 heterocycles. The van der Waals surface area contributed by atoms with Crippen LogP contribution in [-0.2, 0) is 10.3 Å². The fraction of sp³-hybridized carbons (Fsp3) is 0.444. The van der Waals surface area contributed by atoms with Crippen LogP contribution in [0.1, 0.15) is 24.3 Å². The molecule has 134 valence electrons. The van der Waals surface area contributed by atoms with E-state index in [1.807, 2.05) is 46.1 Å². The molecule has 1 saturated heterocycles. The van der Waals surface area contributed by atoms with Crippen molar-refractivity contribution in [2.75, 3.05) is 20.2 Å². The predicted molar refractivity (Wildman–Crippen MR) is 97.0 cm³/mol. The van der Waals surface area contributed by atoms with Gasteiger partial charge in [0.15, 0.2) is 0 Å². The van der Waals surface area contributed by atoms with Crippen molar-refractivity contribution in [3.05, 3.63) is 48.3 Å². The molecule has 0 radical (unpaired) electrons. The highest BCUT2D eigenvalue weighted by Gasteiger charge is 2.55. The summed E-state index contributed by atoms with van der Waals surface area (Å²) in [6.45, 7) is 1.26. The van der Waals surface area contributed by atoms with E-state index in [9.17, 15) is 4.79 Å². The molecule has 1 saturated carbocycles. The zero-order chi connectivity index (χ0) is 16.7. The minimum Gasteiger partial charge on any atom is -0.497 e. The topological polar surface area (TPSA) is 73.4 Å². The lowest BCUT2D eigenvalue weighted by Gasteiger charge is -2.23. The minimum atomic E-state index is -0.474. The molecule has 25 heavy (non-hydrogen) atoms. The van der Waals surface area contributed by atoms with Gasteiger partial charge in [-0.25, -0.2) is 0 Å². The van der Waals surface area contributed by atoms with Crippen LogP contribution in [0.25, 0.3) is 0 Å². The summed E-state index contributed by atoms with van der Waals surface area (Å²) in [5.41, 5.74) is 7.03. The van der Waals surface area contributed by atoms with Crippen LogP contribution >= 0.6 is 12.4 Å². The Morgan fingerprint density at radius 3 is 2.56 bits per heavy atom. The molecule has 1 aromatic heterocycles. The molecular formula is C18H23ClN4O2. The van der Waals surface area contributed by atoms with Gasteiger partial charge >= 0.3 is 0 Å². The maximum absolute atomic E-state index is 13.0. The zero-order valence-electron chi connectivity index (χ0n) is 14.2. The van der Waals surface area contributed by atoms with Crippen molar-refractivity contribution in [2.45, 2.75) is 30.3 Å². The summed E-state index contributed by atoms with van der Waals surface area (Å²) in [5, 5.41) is 4.28.